The second kappa shape index (κ2) is 37.1. The summed E-state index contributed by atoms with van der Waals surface area (Å²) in [6.07, 6.45) is 40.6. The number of nitrogens with one attached hydrogen (secondary N) is 1. The minimum absolute atomic E-state index is 0.363. The summed E-state index contributed by atoms with van der Waals surface area (Å²) >= 11 is 0. The molecule has 0 saturated carbocycles. The highest BCUT2D eigenvalue weighted by molar-refractivity contribution is 5.80. The van der Waals surface area contributed by atoms with E-state index in [0.717, 1.165) is 38.5 Å². The molecule has 0 spiro atoms. The lowest BCUT2D eigenvalue weighted by molar-refractivity contribution is -0.132. The zero-order valence-corrected chi connectivity index (χ0v) is 31.7. The van der Waals surface area contributed by atoms with Crippen LogP contribution in [0.4, 0.5) is 0 Å². The van der Waals surface area contributed by atoms with Crippen LogP contribution in [0.2, 0.25) is 0 Å². The molecule has 4 atom stereocenters. The highest BCUT2D eigenvalue weighted by Gasteiger charge is 2.28. The van der Waals surface area contributed by atoms with E-state index < -0.39 is 36.9 Å². The van der Waals surface area contributed by atoms with E-state index in [1.165, 1.54) is 135 Å². The van der Waals surface area contributed by atoms with Gasteiger partial charge in [-0.2, -0.15) is 0 Å². The molecule has 6 heteroatoms. The molecule has 284 valence electrons. The summed E-state index contributed by atoms with van der Waals surface area (Å²) in [5, 5.41) is 43.5. The molecule has 0 aromatic heterocycles. The van der Waals surface area contributed by atoms with Crippen LogP contribution in [0.5, 0.6) is 0 Å². The Balaban J connectivity index is 3.82. The SMILES string of the molecule is CCCCCCCCC/C=C/CC/C=C/CCCC(O)C(O)C(CO)NC(=O)C(O)CCCCCCCCCCCCCCCCCC. The lowest BCUT2D eigenvalue weighted by Gasteiger charge is -2.27. The van der Waals surface area contributed by atoms with Crippen molar-refractivity contribution in [1.29, 1.82) is 0 Å². The largest absolute Gasteiger partial charge is 0.394 e. The number of hydrogen-bond acceptors (Lipinski definition) is 5. The fraction of sp³-hybridized carbons (Fsp3) is 0.881. The van der Waals surface area contributed by atoms with Crippen LogP contribution in [-0.4, -0.2) is 57.3 Å². The van der Waals surface area contributed by atoms with E-state index in [1.807, 2.05) is 0 Å². The second-order valence-electron chi connectivity index (χ2n) is 14.3. The summed E-state index contributed by atoms with van der Waals surface area (Å²) in [5.74, 6) is -0.597. The van der Waals surface area contributed by atoms with Gasteiger partial charge in [0.2, 0.25) is 5.91 Å². The van der Waals surface area contributed by atoms with E-state index in [0.29, 0.717) is 19.3 Å². The van der Waals surface area contributed by atoms with Crippen molar-refractivity contribution in [3.05, 3.63) is 24.3 Å². The van der Waals surface area contributed by atoms with Crippen LogP contribution in [0.3, 0.4) is 0 Å². The lowest BCUT2D eigenvalue weighted by atomic mass is 10.00. The average Bonchev–Trinajstić information content (AvgIpc) is 3.09. The third-order valence-electron chi connectivity index (χ3n) is 9.64. The van der Waals surface area contributed by atoms with E-state index in [1.54, 1.807) is 0 Å². The van der Waals surface area contributed by atoms with Gasteiger partial charge in [-0.3, -0.25) is 4.79 Å². The first-order valence-electron chi connectivity index (χ1n) is 20.7. The van der Waals surface area contributed by atoms with E-state index >= 15 is 0 Å². The average molecular weight is 680 g/mol. The molecular weight excluding hydrogens is 598 g/mol. The van der Waals surface area contributed by atoms with Gasteiger partial charge in [0.15, 0.2) is 0 Å². The minimum atomic E-state index is -1.29. The van der Waals surface area contributed by atoms with E-state index in [9.17, 15) is 25.2 Å². The molecule has 4 unspecified atom stereocenters. The van der Waals surface area contributed by atoms with Crippen LogP contribution in [0.25, 0.3) is 0 Å². The van der Waals surface area contributed by atoms with Crippen LogP contribution >= 0.6 is 0 Å². The number of carbonyl (C=O) groups is 1. The maximum Gasteiger partial charge on any atom is 0.249 e. The molecule has 0 radical (unpaired) electrons. The van der Waals surface area contributed by atoms with Crippen molar-refractivity contribution in [1.82, 2.24) is 5.32 Å². The highest BCUT2D eigenvalue weighted by Crippen LogP contribution is 2.15. The van der Waals surface area contributed by atoms with Crippen LogP contribution in [-0.2, 0) is 4.79 Å². The number of amides is 1. The normalized spacial score (nSPS) is 14.5. The smallest absolute Gasteiger partial charge is 0.249 e. The summed E-state index contributed by atoms with van der Waals surface area (Å²) < 4.78 is 0. The van der Waals surface area contributed by atoms with E-state index in [2.05, 4.69) is 43.5 Å². The van der Waals surface area contributed by atoms with Crippen molar-refractivity contribution in [3.8, 4) is 0 Å². The summed E-state index contributed by atoms with van der Waals surface area (Å²) in [6, 6.07) is -1.00. The Morgan fingerprint density at radius 3 is 1.31 bits per heavy atom. The van der Waals surface area contributed by atoms with Gasteiger partial charge in [-0.05, 0) is 51.4 Å². The van der Waals surface area contributed by atoms with Crippen LogP contribution < -0.4 is 5.32 Å². The van der Waals surface area contributed by atoms with Crippen molar-refractivity contribution in [2.24, 2.45) is 0 Å². The number of rotatable bonds is 37. The first-order chi connectivity index (χ1) is 23.5. The Bertz CT molecular complexity index is 727. The molecule has 0 aliphatic heterocycles. The number of aliphatic hydroxyl groups is 4. The summed E-state index contributed by atoms with van der Waals surface area (Å²) in [5.41, 5.74) is 0. The van der Waals surface area contributed by atoms with Crippen molar-refractivity contribution in [3.63, 3.8) is 0 Å². The fourth-order valence-electron chi connectivity index (χ4n) is 6.30. The number of allylic oxidation sites excluding steroid dienone is 4. The third kappa shape index (κ3) is 30.8. The molecule has 0 aliphatic carbocycles. The Hall–Kier alpha value is -1.21. The third-order valence-corrected chi connectivity index (χ3v) is 9.64. The molecule has 0 rings (SSSR count). The number of unbranched alkanes of at least 4 members (excludes halogenated alkanes) is 24. The van der Waals surface area contributed by atoms with Gasteiger partial charge in [-0.1, -0.05) is 179 Å². The maximum atomic E-state index is 12.5. The van der Waals surface area contributed by atoms with E-state index in [-0.39, 0.29) is 0 Å². The van der Waals surface area contributed by atoms with Gasteiger partial charge in [0, 0.05) is 0 Å². The van der Waals surface area contributed by atoms with Crippen LogP contribution in [0, 0.1) is 0 Å². The predicted molar refractivity (Wildman–Crippen MR) is 205 cm³/mol. The zero-order chi connectivity index (χ0) is 35.3. The Morgan fingerprint density at radius 1 is 0.500 bits per heavy atom. The van der Waals surface area contributed by atoms with Gasteiger partial charge in [0.1, 0.15) is 12.2 Å². The molecule has 6 nitrogen and oxygen atoms in total. The van der Waals surface area contributed by atoms with Crippen LogP contribution in [0.1, 0.15) is 206 Å². The van der Waals surface area contributed by atoms with Crippen molar-refractivity contribution < 1.29 is 25.2 Å². The molecule has 0 fully saturated rings. The molecule has 48 heavy (non-hydrogen) atoms. The standard InChI is InChI=1S/C42H81NO5/c1-3-5-7-9-11-13-15-17-19-21-23-25-27-29-31-33-35-39(45)41(47)38(37-44)43-42(48)40(46)36-34-32-30-28-26-24-22-20-18-16-14-12-10-8-6-4-2/h19,21,27,29,38-41,44-47H,3-18,20,22-26,28,30-37H2,1-2H3,(H,43,48)/b21-19+,29-27+. The van der Waals surface area contributed by atoms with Gasteiger partial charge in [0.05, 0.1) is 18.8 Å². The van der Waals surface area contributed by atoms with E-state index in [4.69, 9.17) is 0 Å². The number of aliphatic hydroxyl groups excluding tert-OH is 4. The Kier molecular flexibility index (Phi) is 36.1. The molecule has 0 aromatic carbocycles. The molecular formula is C42H81NO5. The van der Waals surface area contributed by atoms with Gasteiger partial charge in [-0.25, -0.2) is 0 Å². The molecule has 0 aliphatic rings. The number of hydrogen-bond donors (Lipinski definition) is 5. The lowest BCUT2D eigenvalue weighted by Crippen LogP contribution is -2.53. The summed E-state index contributed by atoms with van der Waals surface area (Å²) in [7, 11) is 0. The summed E-state index contributed by atoms with van der Waals surface area (Å²) in [6.45, 7) is 4.02. The molecule has 1 amide bonds. The van der Waals surface area contributed by atoms with Crippen molar-refractivity contribution >= 4 is 5.91 Å². The van der Waals surface area contributed by atoms with Crippen molar-refractivity contribution in [2.45, 2.75) is 231 Å². The Labute approximate surface area is 297 Å². The molecule has 0 bridgehead atoms. The fourth-order valence-corrected chi connectivity index (χ4v) is 6.30. The van der Waals surface area contributed by atoms with Crippen molar-refractivity contribution in [2.75, 3.05) is 6.61 Å². The molecule has 0 saturated heterocycles. The second-order valence-corrected chi connectivity index (χ2v) is 14.3. The summed E-state index contributed by atoms with van der Waals surface area (Å²) in [4.78, 5) is 12.5. The minimum Gasteiger partial charge on any atom is -0.394 e. The number of carbonyl (C=O) groups excluding carboxylic acids is 1. The predicted octanol–water partition coefficient (Wildman–Crippen LogP) is 10.4. The highest BCUT2D eigenvalue weighted by atomic mass is 16.3. The zero-order valence-electron chi connectivity index (χ0n) is 31.7. The van der Waals surface area contributed by atoms with Crippen LogP contribution in [0.15, 0.2) is 24.3 Å². The topological polar surface area (TPSA) is 110 Å². The van der Waals surface area contributed by atoms with Gasteiger partial charge in [-0.15, -0.1) is 0 Å². The van der Waals surface area contributed by atoms with Gasteiger partial charge >= 0.3 is 0 Å². The molecule has 0 aromatic rings. The monoisotopic (exact) mass is 680 g/mol. The van der Waals surface area contributed by atoms with Gasteiger partial charge in [0.25, 0.3) is 0 Å². The first kappa shape index (κ1) is 46.8. The Morgan fingerprint density at radius 2 is 0.875 bits per heavy atom. The quantitative estimate of drug-likeness (QED) is 0.0332. The molecule has 5 N–H and O–H groups in total. The first-order valence-corrected chi connectivity index (χ1v) is 20.7. The molecule has 0 heterocycles. The maximum absolute atomic E-state index is 12.5. The van der Waals surface area contributed by atoms with Gasteiger partial charge < -0.3 is 25.7 Å².